The Hall–Kier alpha value is -2.77. The first-order chi connectivity index (χ1) is 15.6. The summed E-state index contributed by atoms with van der Waals surface area (Å²) in [6, 6.07) is 30.5. The van der Waals surface area contributed by atoms with Crippen LogP contribution in [0.5, 0.6) is 11.8 Å². The second kappa shape index (κ2) is 10.2. The van der Waals surface area contributed by atoms with Gasteiger partial charge in [0.05, 0.1) is 0 Å². The van der Waals surface area contributed by atoms with Crippen LogP contribution in [0.2, 0.25) is 0 Å². The molecule has 0 saturated heterocycles. The van der Waals surface area contributed by atoms with Gasteiger partial charge in [-0.2, -0.15) is 0 Å². The molecule has 4 rings (SSSR count). The fourth-order valence-corrected chi connectivity index (χ4v) is 3.51. The third-order valence-electron chi connectivity index (χ3n) is 5.54. The van der Waals surface area contributed by atoms with Gasteiger partial charge in [-0.3, -0.25) is 9.97 Å². The number of hydrogen-bond acceptors (Lipinski definition) is 3. The maximum absolute atomic E-state index is 6.05. The van der Waals surface area contributed by atoms with E-state index in [2.05, 4.69) is 77.9 Å². The molecule has 176 valence electrons. The van der Waals surface area contributed by atoms with Crippen LogP contribution in [0.15, 0.2) is 72.8 Å². The molecule has 0 unspecified atom stereocenters. The van der Waals surface area contributed by atoms with Gasteiger partial charge in [-0.1, -0.05) is 65.8 Å². The summed E-state index contributed by atoms with van der Waals surface area (Å²) < 4.78 is 6.05. The van der Waals surface area contributed by atoms with Gasteiger partial charge in [-0.15, -0.1) is 70.8 Å². The molecule has 0 fully saturated rings. The zero-order chi connectivity index (χ0) is 23.6. The van der Waals surface area contributed by atoms with E-state index in [4.69, 9.17) is 14.7 Å². The van der Waals surface area contributed by atoms with Gasteiger partial charge in [0.2, 0.25) is 11.8 Å². The first-order valence-corrected chi connectivity index (χ1v) is 11.3. The van der Waals surface area contributed by atoms with Crippen LogP contribution in [-0.2, 0) is 31.9 Å². The van der Waals surface area contributed by atoms with Crippen LogP contribution in [-0.4, -0.2) is 9.97 Å². The summed E-state index contributed by atoms with van der Waals surface area (Å²) in [7, 11) is 0. The Balaban J connectivity index is 0.00000324. The molecule has 0 spiro atoms. The quantitative estimate of drug-likeness (QED) is 0.216. The van der Waals surface area contributed by atoms with Crippen molar-refractivity contribution >= 4 is 0 Å². The molecule has 2 aromatic carbocycles. The average Bonchev–Trinajstić information content (AvgIpc) is 2.78. The number of rotatable bonds is 4. The summed E-state index contributed by atoms with van der Waals surface area (Å²) in [6.07, 6.45) is 0. The van der Waals surface area contributed by atoms with Crippen molar-refractivity contribution in [2.24, 2.45) is 0 Å². The normalized spacial score (nSPS) is 11.6. The number of hydrogen-bond donors (Lipinski definition) is 0. The van der Waals surface area contributed by atoms with Gasteiger partial charge >= 0.3 is 21.1 Å². The van der Waals surface area contributed by atoms with Gasteiger partial charge in [0.15, 0.2) is 0 Å². The van der Waals surface area contributed by atoms with E-state index in [1.807, 2.05) is 48.5 Å². The van der Waals surface area contributed by atoms with E-state index in [0.29, 0.717) is 11.8 Å². The smallest absolute Gasteiger partial charge is 0.422 e. The molecule has 0 amide bonds. The molecular formula is C30H30N2OPt. The Morgan fingerprint density at radius 3 is 1.41 bits per heavy atom. The van der Waals surface area contributed by atoms with Crippen molar-refractivity contribution in [2.45, 2.75) is 52.4 Å². The van der Waals surface area contributed by atoms with E-state index in [9.17, 15) is 0 Å². The van der Waals surface area contributed by atoms with Crippen molar-refractivity contribution in [3.63, 3.8) is 0 Å². The molecule has 0 atom stereocenters. The zero-order valence-electron chi connectivity index (χ0n) is 20.5. The summed E-state index contributed by atoms with van der Waals surface area (Å²) in [5, 5.41) is 0. The standard InChI is InChI=1S/C30H30N2O.Pt/c1-29(2,3)23-13-7-11-21(19-23)25-15-9-17-27(31-25)33-28-18-10-16-26(32-28)22-12-8-14-24(20-22)30(4,5)6;/h7-10,13-20H,1-6H3;/q-2;+2. The van der Waals surface area contributed by atoms with Crippen LogP contribution in [0.25, 0.3) is 22.5 Å². The van der Waals surface area contributed by atoms with Crippen LogP contribution >= 0.6 is 0 Å². The Morgan fingerprint density at radius 1 is 0.618 bits per heavy atom. The van der Waals surface area contributed by atoms with Crippen molar-refractivity contribution in [1.29, 1.82) is 0 Å². The largest absolute Gasteiger partial charge is 2.00 e. The van der Waals surface area contributed by atoms with Gasteiger partial charge in [0, 0.05) is 0 Å². The Morgan fingerprint density at radius 2 is 1.03 bits per heavy atom. The van der Waals surface area contributed by atoms with E-state index in [0.717, 1.165) is 22.5 Å². The number of benzene rings is 2. The van der Waals surface area contributed by atoms with E-state index < -0.39 is 0 Å². The van der Waals surface area contributed by atoms with Crippen molar-refractivity contribution < 1.29 is 25.8 Å². The van der Waals surface area contributed by atoms with E-state index in [1.165, 1.54) is 11.1 Å². The summed E-state index contributed by atoms with van der Waals surface area (Å²) in [5.41, 5.74) is 6.14. The van der Waals surface area contributed by atoms with Gasteiger partial charge in [-0.25, -0.2) is 0 Å². The van der Waals surface area contributed by atoms with E-state index >= 15 is 0 Å². The fraction of sp³-hybridized carbons (Fsp3) is 0.267. The maximum Gasteiger partial charge on any atom is 2.00 e. The SMILES string of the molecule is CC(C)(C)c1cc[c-]c(-c2cccc(Oc3cccc(-c4[c-]ccc(C(C)(C)C)c4)n3)n2)c1.[Pt+2]. The first-order valence-electron chi connectivity index (χ1n) is 11.3. The molecule has 4 aromatic rings. The molecule has 3 nitrogen and oxygen atoms in total. The molecule has 0 aliphatic heterocycles. The van der Waals surface area contributed by atoms with Gasteiger partial charge in [-0.05, 0) is 34.4 Å². The van der Waals surface area contributed by atoms with Crippen LogP contribution in [0.4, 0.5) is 0 Å². The van der Waals surface area contributed by atoms with E-state index in [-0.39, 0.29) is 31.9 Å². The summed E-state index contributed by atoms with van der Waals surface area (Å²) in [6.45, 7) is 13.2. The molecule has 0 aliphatic rings. The fourth-order valence-electron chi connectivity index (χ4n) is 3.51. The number of ether oxygens (including phenoxy) is 1. The Kier molecular flexibility index (Phi) is 7.78. The molecule has 0 aliphatic carbocycles. The topological polar surface area (TPSA) is 35.0 Å². The zero-order valence-corrected chi connectivity index (χ0v) is 22.8. The van der Waals surface area contributed by atoms with Crippen molar-refractivity contribution in [1.82, 2.24) is 9.97 Å². The second-order valence-electron chi connectivity index (χ2n) is 10.3. The number of pyridine rings is 2. The van der Waals surface area contributed by atoms with Crippen LogP contribution in [0.3, 0.4) is 0 Å². The van der Waals surface area contributed by atoms with E-state index in [1.54, 1.807) is 0 Å². The molecule has 34 heavy (non-hydrogen) atoms. The molecular weight excluding hydrogens is 599 g/mol. The number of aromatic nitrogens is 2. The second-order valence-corrected chi connectivity index (χ2v) is 10.3. The van der Waals surface area contributed by atoms with Crippen LogP contribution in [0.1, 0.15) is 52.7 Å². The Labute approximate surface area is 217 Å². The van der Waals surface area contributed by atoms with Gasteiger partial charge in [0.25, 0.3) is 0 Å². The van der Waals surface area contributed by atoms with Gasteiger partial charge in [0.1, 0.15) is 0 Å². The minimum atomic E-state index is 0. The predicted octanol–water partition coefficient (Wildman–Crippen LogP) is 7.80. The van der Waals surface area contributed by atoms with Gasteiger partial charge < -0.3 is 4.74 Å². The molecule has 0 bridgehead atoms. The predicted molar refractivity (Wildman–Crippen MR) is 134 cm³/mol. The Bertz CT molecular complexity index is 1170. The minimum Gasteiger partial charge on any atom is -0.422 e. The summed E-state index contributed by atoms with van der Waals surface area (Å²) in [4.78, 5) is 9.42. The minimum absolute atomic E-state index is 0. The maximum atomic E-state index is 6.05. The first kappa shape index (κ1) is 25.8. The third kappa shape index (κ3) is 6.21. The molecule has 0 N–H and O–H groups in total. The van der Waals surface area contributed by atoms with Crippen molar-refractivity contribution in [3.8, 4) is 34.3 Å². The molecule has 0 saturated carbocycles. The summed E-state index contributed by atoms with van der Waals surface area (Å²) >= 11 is 0. The molecule has 2 aromatic heterocycles. The third-order valence-corrected chi connectivity index (χ3v) is 5.54. The summed E-state index contributed by atoms with van der Waals surface area (Å²) in [5.74, 6) is 0.998. The number of nitrogens with zero attached hydrogens (tertiary/aromatic N) is 2. The molecule has 0 radical (unpaired) electrons. The average molecular weight is 630 g/mol. The molecule has 4 heteroatoms. The monoisotopic (exact) mass is 629 g/mol. The van der Waals surface area contributed by atoms with Crippen molar-refractivity contribution in [2.75, 3.05) is 0 Å². The van der Waals surface area contributed by atoms with Crippen LogP contribution < -0.4 is 4.74 Å². The molecule has 2 heterocycles. The van der Waals surface area contributed by atoms with Crippen molar-refractivity contribution in [3.05, 3.63) is 96.1 Å². The van der Waals surface area contributed by atoms with Crippen LogP contribution in [0, 0.1) is 12.1 Å².